The number of ether oxygens (including phenoxy) is 1. The maximum atomic E-state index is 12.5. The van der Waals surface area contributed by atoms with Gasteiger partial charge in [0.2, 0.25) is 11.7 Å². The van der Waals surface area contributed by atoms with E-state index in [1.54, 1.807) is 12.1 Å². The van der Waals surface area contributed by atoms with Crippen molar-refractivity contribution in [2.75, 3.05) is 0 Å². The van der Waals surface area contributed by atoms with Crippen molar-refractivity contribution in [1.29, 1.82) is 0 Å². The molecule has 1 amide bonds. The first-order chi connectivity index (χ1) is 13.3. The van der Waals surface area contributed by atoms with E-state index in [1.807, 2.05) is 0 Å². The Hall–Kier alpha value is -2.70. The quantitative estimate of drug-likeness (QED) is 0.275. The Balaban J connectivity index is 1.45. The zero-order valence-electron chi connectivity index (χ0n) is 15.8. The van der Waals surface area contributed by atoms with Crippen LogP contribution in [0.2, 0.25) is 0 Å². The molecule has 0 atom stereocenters. The Morgan fingerprint density at radius 2 is 1.79 bits per heavy atom. The molecule has 0 aromatic heterocycles. The van der Waals surface area contributed by atoms with Crippen LogP contribution in [0.4, 0.5) is 5.69 Å². The number of hydrogen-bond acceptors (Lipinski definition) is 5. The number of carbonyl (C=O) groups excluding carboxylic acids is 2. The molecular formula is C21H24N2O5. The first-order valence-electron chi connectivity index (χ1n) is 9.79. The SMILES string of the molecule is CC(=O)Oc1ccc(C=CC(=O)NC23CC4CC(CC(C4)C2)C3)cc1[N+](=O)[O-]. The van der Waals surface area contributed by atoms with Gasteiger partial charge < -0.3 is 10.1 Å². The predicted octanol–water partition coefficient (Wildman–Crippen LogP) is 3.62. The van der Waals surface area contributed by atoms with Crippen LogP contribution in [0.25, 0.3) is 6.08 Å². The molecule has 7 heteroatoms. The van der Waals surface area contributed by atoms with E-state index in [0.717, 1.165) is 37.0 Å². The summed E-state index contributed by atoms with van der Waals surface area (Å²) < 4.78 is 4.86. The molecule has 1 aromatic rings. The average Bonchev–Trinajstić information content (AvgIpc) is 2.58. The summed E-state index contributed by atoms with van der Waals surface area (Å²) in [6.07, 6.45) is 10.1. The van der Waals surface area contributed by atoms with Crippen molar-refractivity contribution in [3.63, 3.8) is 0 Å². The number of benzene rings is 1. The van der Waals surface area contributed by atoms with Gasteiger partial charge in [-0.3, -0.25) is 19.7 Å². The van der Waals surface area contributed by atoms with Gasteiger partial charge in [0.25, 0.3) is 0 Å². The fourth-order valence-electron chi connectivity index (χ4n) is 5.76. The number of nitro benzene ring substituents is 1. The van der Waals surface area contributed by atoms with Gasteiger partial charge in [0, 0.05) is 24.6 Å². The predicted molar refractivity (Wildman–Crippen MR) is 102 cm³/mol. The van der Waals surface area contributed by atoms with E-state index >= 15 is 0 Å². The minimum Gasteiger partial charge on any atom is -0.419 e. The van der Waals surface area contributed by atoms with Crippen molar-refractivity contribution >= 4 is 23.6 Å². The molecular weight excluding hydrogens is 360 g/mol. The van der Waals surface area contributed by atoms with Crippen LogP contribution in [0.3, 0.4) is 0 Å². The lowest BCUT2D eigenvalue weighted by Crippen LogP contribution is -2.59. The fourth-order valence-corrected chi connectivity index (χ4v) is 5.76. The van der Waals surface area contributed by atoms with Gasteiger partial charge in [-0.1, -0.05) is 6.07 Å². The highest BCUT2D eigenvalue weighted by Gasteiger charge is 2.51. The van der Waals surface area contributed by atoms with E-state index in [0.29, 0.717) is 5.56 Å². The number of nitro groups is 1. The molecule has 0 radical (unpaired) electrons. The topological polar surface area (TPSA) is 98.5 Å². The molecule has 4 bridgehead atoms. The molecule has 1 aromatic carbocycles. The second kappa shape index (κ2) is 7.04. The summed E-state index contributed by atoms with van der Waals surface area (Å²) in [7, 11) is 0. The lowest BCUT2D eigenvalue weighted by molar-refractivity contribution is -0.385. The van der Waals surface area contributed by atoms with Crippen molar-refractivity contribution in [1.82, 2.24) is 5.32 Å². The van der Waals surface area contributed by atoms with Gasteiger partial charge in [-0.15, -0.1) is 0 Å². The fraction of sp³-hybridized carbons (Fsp3) is 0.524. The van der Waals surface area contributed by atoms with Crippen LogP contribution in [-0.2, 0) is 9.59 Å². The second-order valence-corrected chi connectivity index (χ2v) is 8.60. The largest absolute Gasteiger partial charge is 0.419 e. The number of nitrogens with one attached hydrogen (secondary N) is 1. The normalized spacial score (nSPS) is 30.4. The van der Waals surface area contributed by atoms with E-state index in [1.165, 1.54) is 44.4 Å². The number of rotatable bonds is 5. The Kier molecular flexibility index (Phi) is 4.69. The van der Waals surface area contributed by atoms with Crippen LogP contribution in [0.15, 0.2) is 24.3 Å². The first kappa shape index (κ1) is 18.7. The highest BCUT2D eigenvalue weighted by Crippen LogP contribution is 2.55. The van der Waals surface area contributed by atoms with Crippen molar-refractivity contribution in [3.05, 3.63) is 40.0 Å². The molecule has 4 saturated carbocycles. The molecule has 28 heavy (non-hydrogen) atoms. The van der Waals surface area contributed by atoms with E-state index < -0.39 is 10.9 Å². The highest BCUT2D eigenvalue weighted by atomic mass is 16.6. The van der Waals surface area contributed by atoms with Crippen molar-refractivity contribution in [2.24, 2.45) is 17.8 Å². The number of carbonyl (C=O) groups is 2. The van der Waals surface area contributed by atoms with Crippen LogP contribution in [0, 0.1) is 27.9 Å². The molecule has 0 heterocycles. The van der Waals surface area contributed by atoms with Gasteiger partial charge in [-0.2, -0.15) is 0 Å². The molecule has 5 rings (SSSR count). The van der Waals surface area contributed by atoms with E-state index in [4.69, 9.17) is 4.74 Å². The molecule has 1 N–H and O–H groups in total. The maximum absolute atomic E-state index is 12.5. The van der Waals surface area contributed by atoms with Crippen LogP contribution in [0.1, 0.15) is 51.0 Å². The third kappa shape index (κ3) is 3.79. The Bertz CT molecular complexity index is 825. The third-order valence-corrected chi connectivity index (χ3v) is 6.29. The number of hydrogen-bond donors (Lipinski definition) is 1. The van der Waals surface area contributed by atoms with E-state index in [-0.39, 0.29) is 22.9 Å². The molecule has 0 saturated heterocycles. The molecule has 148 valence electrons. The van der Waals surface area contributed by atoms with Crippen molar-refractivity contribution in [2.45, 2.75) is 51.0 Å². The average molecular weight is 384 g/mol. The van der Waals surface area contributed by atoms with Crippen molar-refractivity contribution in [3.8, 4) is 5.75 Å². The molecule has 4 aliphatic rings. The summed E-state index contributed by atoms with van der Waals surface area (Å²) in [5.74, 6) is 1.34. The molecule has 4 fully saturated rings. The summed E-state index contributed by atoms with van der Waals surface area (Å²) in [4.78, 5) is 34.2. The molecule has 0 unspecified atom stereocenters. The molecule has 0 spiro atoms. The third-order valence-electron chi connectivity index (χ3n) is 6.29. The van der Waals surface area contributed by atoms with Gasteiger partial charge in [0.15, 0.2) is 0 Å². The Labute approximate surface area is 163 Å². The van der Waals surface area contributed by atoms with Crippen LogP contribution >= 0.6 is 0 Å². The smallest absolute Gasteiger partial charge is 0.312 e. The van der Waals surface area contributed by atoms with Crippen LogP contribution in [0.5, 0.6) is 5.75 Å². The summed E-state index contributed by atoms with van der Waals surface area (Å²) in [5, 5.41) is 14.5. The monoisotopic (exact) mass is 384 g/mol. The lowest BCUT2D eigenvalue weighted by atomic mass is 9.53. The Morgan fingerprint density at radius 3 is 2.32 bits per heavy atom. The zero-order valence-corrected chi connectivity index (χ0v) is 15.8. The maximum Gasteiger partial charge on any atom is 0.312 e. The summed E-state index contributed by atoms with van der Waals surface area (Å²) in [6, 6.07) is 4.25. The lowest BCUT2D eigenvalue weighted by Gasteiger charge is -2.56. The number of amides is 1. The van der Waals surface area contributed by atoms with Crippen LogP contribution < -0.4 is 10.1 Å². The summed E-state index contributed by atoms with van der Waals surface area (Å²) in [5.41, 5.74) is 0.128. The minimum atomic E-state index is -0.624. The molecule has 7 nitrogen and oxygen atoms in total. The van der Waals surface area contributed by atoms with E-state index in [2.05, 4.69) is 5.32 Å². The number of nitrogens with zero attached hydrogens (tertiary/aromatic N) is 1. The van der Waals surface area contributed by atoms with Gasteiger partial charge >= 0.3 is 11.7 Å². The van der Waals surface area contributed by atoms with Gasteiger partial charge in [0.1, 0.15) is 0 Å². The second-order valence-electron chi connectivity index (χ2n) is 8.60. The molecule has 0 aliphatic heterocycles. The summed E-state index contributed by atoms with van der Waals surface area (Å²) in [6.45, 7) is 1.19. The number of esters is 1. The molecule has 4 aliphatic carbocycles. The van der Waals surface area contributed by atoms with Crippen molar-refractivity contribution < 1.29 is 19.2 Å². The van der Waals surface area contributed by atoms with Gasteiger partial charge in [0.05, 0.1) is 4.92 Å². The Morgan fingerprint density at radius 1 is 1.18 bits per heavy atom. The minimum absolute atomic E-state index is 0.0681. The highest BCUT2D eigenvalue weighted by molar-refractivity contribution is 5.92. The summed E-state index contributed by atoms with van der Waals surface area (Å²) >= 11 is 0. The van der Waals surface area contributed by atoms with E-state index in [9.17, 15) is 19.7 Å². The zero-order chi connectivity index (χ0) is 19.9. The standard InChI is InChI=1S/C21H24N2O5/c1-13(24)28-19-4-2-14(9-18(19)23(26)27)3-5-20(25)22-21-10-15-6-16(11-21)8-17(7-15)12-21/h2-5,9,15-17H,6-8,10-12H2,1H3,(H,22,25). The van der Waals surface area contributed by atoms with Crippen LogP contribution in [-0.4, -0.2) is 22.3 Å². The first-order valence-corrected chi connectivity index (χ1v) is 9.79. The van der Waals surface area contributed by atoms with Gasteiger partial charge in [-0.25, -0.2) is 0 Å². The van der Waals surface area contributed by atoms with Gasteiger partial charge in [-0.05, 0) is 74.0 Å².